The maximum Gasteiger partial charge on any atom is 0.495 e. The minimum Gasteiger partial charge on any atom is -0.465 e. The van der Waals surface area contributed by atoms with E-state index in [4.69, 9.17) is 15.0 Å². The maximum atomic E-state index is 11.8. The lowest BCUT2D eigenvalue weighted by atomic mass is 9.77. The molecule has 0 spiro atoms. The number of ether oxygens (including phenoxy) is 1. The van der Waals surface area contributed by atoms with E-state index in [9.17, 15) is 14.9 Å². The summed E-state index contributed by atoms with van der Waals surface area (Å²) in [6.45, 7) is 7.44. The number of benzene rings is 1. The molecule has 0 saturated carbocycles. The molecule has 9 heteroatoms. The topological polar surface area (TPSA) is 114 Å². The van der Waals surface area contributed by atoms with Crippen molar-refractivity contribution < 1.29 is 23.8 Å². The first kappa shape index (κ1) is 17.2. The van der Waals surface area contributed by atoms with Crippen LogP contribution in [-0.4, -0.2) is 36.3 Å². The Hall–Kier alpha value is -2.13. The summed E-state index contributed by atoms with van der Waals surface area (Å²) in [4.78, 5) is 22.4. The number of nitrogens with two attached hydrogens (primary N) is 1. The van der Waals surface area contributed by atoms with Crippen molar-refractivity contribution in [3.8, 4) is 0 Å². The van der Waals surface area contributed by atoms with Crippen molar-refractivity contribution in [2.75, 3.05) is 12.8 Å². The van der Waals surface area contributed by atoms with Crippen LogP contribution < -0.4 is 11.2 Å². The van der Waals surface area contributed by atoms with Crippen LogP contribution in [0.3, 0.4) is 0 Å². The molecule has 1 fully saturated rings. The number of methoxy groups -OCH3 is 1. The quantitative estimate of drug-likeness (QED) is 0.293. The maximum absolute atomic E-state index is 11.8. The summed E-state index contributed by atoms with van der Waals surface area (Å²) in [5, 5.41) is 11.2. The molecule has 0 radical (unpaired) electrons. The molecule has 0 atom stereocenters. The second-order valence-electron chi connectivity index (χ2n) is 6.34. The molecule has 1 aliphatic heterocycles. The summed E-state index contributed by atoms with van der Waals surface area (Å²) >= 11 is 0. The van der Waals surface area contributed by atoms with Gasteiger partial charge in [-0.25, -0.2) is 4.79 Å². The molecule has 2 N–H and O–H groups in total. The van der Waals surface area contributed by atoms with Crippen LogP contribution in [0.5, 0.6) is 0 Å². The van der Waals surface area contributed by atoms with Gasteiger partial charge in [-0.15, -0.1) is 0 Å². The van der Waals surface area contributed by atoms with E-state index in [2.05, 4.69) is 4.74 Å². The minimum atomic E-state index is -0.845. The lowest BCUT2D eigenvalue weighted by molar-refractivity contribution is -0.383. The molecule has 0 amide bonds. The monoisotopic (exact) mass is 322 g/mol. The van der Waals surface area contributed by atoms with Crippen LogP contribution >= 0.6 is 0 Å². The van der Waals surface area contributed by atoms with Crippen molar-refractivity contribution in [1.82, 2.24) is 0 Å². The Morgan fingerprint density at radius 1 is 1.26 bits per heavy atom. The Morgan fingerprint density at radius 2 is 1.78 bits per heavy atom. The van der Waals surface area contributed by atoms with Crippen molar-refractivity contribution in [3.05, 3.63) is 27.8 Å². The van der Waals surface area contributed by atoms with Gasteiger partial charge in [0, 0.05) is 6.07 Å². The zero-order valence-corrected chi connectivity index (χ0v) is 13.7. The molecular weight excluding hydrogens is 303 g/mol. The largest absolute Gasteiger partial charge is 0.495 e. The van der Waals surface area contributed by atoms with Crippen LogP contribution in [0.15, 0.2) is 12.1 Å². The molecule has 1 aromatic rings. The van der Waals surface area contributed by atoms with E-state index in [1.165, 1.54) is 19.2 Å². The molecule has 0 aliphatic carbocycles. The Balaban J connectivity index is 2.54. The number of nitro benzene ring substituents is 1. The second kappa shape index (κ2) is 5.50. The van der Waals surface area contributed by atoms with Crippen LogP contribution in [-0.2, 0) is 14.0 Å². The summed E-state index contributed by atoms with van der Waals surface area (Å²) in [5.41, 5.74) is 4.09. The summed E-state index contributed by atoms with van der Waals surface area (Å²) < 4.78 is 16.3. The number of carbonyl (C=O) groups is 1. The third-order valence-electron chi connectivity index (χ3n) is 4.31. The van der Waals surface area contributed by atoms with Crippen LogP contribution in [0.2, 0.25) is 0 Å². The van der Waals surface area contributed by atoms with E-state index in [-0.39, 0.29) is 11.3 Å². The molecule has 124 valence electrons. The zero-order chi connectivity index (χ0) is 17.6. The van der Waals surface area contributed by atoms with Crippen LogP contribution in [0, 0.1) is 10.1 Å². The molecule has 1 aliphatic rings. The van der Waals surface area contributed by atoms with E-state index < -0.39 is 34.9 Å². The van der Waals surface area contributed by atoms with E-state index in [0.717, 1.165) is 0 Å². The van der Waals surface area contributed by atoms with Crippen molar-refractivity contribution in [2.24, 2.45) is 0 Å². The Labute approximate surface area is 134 Å². The molecule has 1 heterocycles. The third kappa shape index (κ3) is 2.89. The zero-order valence-electron chi connectivity index (χ0n) is 13.7. The molecule has 1 aromatic carbocycles. The van der Waals surface area contributed by atoms with Gasteiger partial charge in [0.15, 0.2) is 0 Å². The number of rotatable bonds is 3. The van der Waals surface area contributed by atoms with Crippen molar-refractivity contribution in [3.63, 3.8) is 0 Å². The summed E-state index contributed by atoms with van der Waals surface area (Å²) in [6, 6.07) is 2.65. The fourth-order valence-corrected chi connectivity index (χ4v) is 2.20. The van der Waals surface area contributed by atoms with E-state index in [1.807, 2.05) is 27.7 Å². The molecule has 0 unspecified atom stereocenters. The first-order valence-corrected chi connectivity index (χ1v) is 7.02. The lowest BCUT2D eigenvalue weighted by Crippen LogP contribution is -2.41. The van der Waals surface area contributed by atoms with Crippen molar-refractivity contribution in [2.45, 2.75) is 38.9 Å². The van der Waals surface area contributed by atoms with Gasteiger partial charge in [0.25, 0.3) is 5.69 Å². The number of nitro groups is 1. The predicted molar refractivity (Wildman–Crippen MR) is 84.6 cm³/mol. The molecular formula is C14H19BN2O6. The smallest absolute Gasteiger partial charge is 0.465 e. The second-order valence-corrected chi connectivity index (χ2v) is 6.34. The number of nitrogens with zero attached hydrogens (tertiary/aromatic N) is 1. The minimum absolute atomic E-state index is 0.0913. The van der Waals surface area contributed by atoms with E-state index in [1.54, 1.807) is 0 Å². The molecule has 1 saturated heterocycles. The fraction of sp³-hybridized carbons (Fsp3) is 0.500. The van der Waals surface area contributed by atoms with Crippen molar-refractivity contribution in [1.29, 1.82) is 0 Å². The first-order chi connectivity index (χ1) is 10.5. The molecule has 23 heavy (non-hydrogen) atoms. The van der Waals surface area contributed by atoms with Crippen molar-refractivity contribution >= 4 is 29.9 Å². The van der Waals surface area contributed by atoms with Crippen LogP contribution in [0.1, 0.15) is 38.1 Å². The van der Waals surface area contributed by atoms with Gasteiger partial charge in [0.05, 0.1) is 28.8 Å². The van der Waals surface area contributed by atoms with Crippen LogP contribution in [0.4, 0.5) is 11.4 Å². The van der Waals surface area contributed by atoms with Gasteiger partial charge < -0.3 is 19.8 Å². The average molecular weight is 322 g/mol. The van der Waals surface area contributed by atoms with Crippen LogP contribution in [0.25, 0.3) is 0 Å². The molecule has 0 bridgehead atoms. The van der Waals surface area contributed by atoms with Gasteiger partial charge >= 0.3 is 13.1 Å². The van der Waals surface area contributed by atoms with E-state index in [0.29, 0.717) is 5.46 Å². The number of anilines is 1. The normalized spacial score (nSPS) is 18.7. The Kier molecular flexibility index (Phi) is 4.12. The van der Waals surface area contributed by atoms with Gasteiger partial charge in [-0.3, -0.25) is 10.1 Å². The highest BCUT2D eigenvalue weighted by atomic mass is 16.7. The highest BCUT2D eigenvalue weighted by molar-refractivity contribution is 6.62. The predicted octanol–water partition coefficient (Wildman–Crippen LogP) is 1.26. The number of hydrogen-bond acceptors (Lipinski definition) is 7. The van der Waals surface area contributed by atoms with Gasteiger partial charge in [-0.2, -0.15) is 0 Å². The number of hydrogen-bond donors (Lipinski definition) is 1. The number of carbonyl (C=O) groups excluding carboxylic acids is 1. The molecule has 0 aromatic heterocycles. The Morgan fingerprint density at radius 3 is 2.22 bits per heavy atom. The van der Waals surface area contributed by atoms with Gasteiger partial charge in [-0.1, -0.05) is 0 Å². The summed E-state index contributed by atoms with van der Waals surface area (Å²) in [5.74, 6) is -0.760. The standard InChI is InChI=1S/C14H19BN2O6/c1-13(2)14(3,4)23-15(22-13)8-6-9(12(18)21-5)11(16)10(7-8)17(19)20/h6-7H,16H2,1-5H3. The Bertz CT molecular complexity index is 657. The first-order valence-electron chi connectivity index (χ1n) is 7.02. The summed E-state index contributed by atoms with van der Waals surface area (Å²) in [7, 11) is 0.331. The molecule has 2 rings (SSSR count). The third-order valence-corrected chi connectivity index (χ3v) is 4.31. The van der Waals surface area contributed by atoms with E-state index >= 15 is 0 Å². The fourth-order valence-electron chi connectivity index (χ4n) is 2.20. The van der Waals surface area contributed by atoms with Gasteiger partial charge in [-0.05, 0) is 39.2 Å². The average Bonchev–Trinajstić information content (AvgIpc) is 2.66. The highest BCUT2D eigenvalue weighted by Crippen LogP contribution is 2.37. The molecule has 8 nitrogen and oxygen atoms in total. The lowest BCUT2D eigenvalue weighted by Gasteiger charge is -2.32. The highest BCUT2D eigenvalue weighted by Gasteiger charge is 2.52. The summed E-state index contributed by atoms with van der Waals surface area (Å²) in [6.07, 6.45) is 0. The number of esters is 1. The van der Waals surface area contributed by atoms with Gasteiger partial charge in [0.1, 0.15) is 5.69 Å². The number of nitrogen functional groups attached to an aromatic ring is 1. The SMILES string of the molecule is COC(=O)c1cc(B2OC(C)(C)C(C)(C)O2)cc([N+](=O)[O-])c1N. The van der Waals surface area contributed by atoms with Gasteiger partial charge in [0.2, 0.25) is 0 Å².